The lowest BCUT2D eigenvalue weighted by atomic mass is 10.0. The number of amides is 1. The quantitative estimate of drug-likeness (QED) is 0.642. The van der Waals surface area contributed by atoms with Crippen LogP contribution in [0.15, 0.2) is 0 Å². The summed E-state index contributed by atoms with van der Waals surface area (Å²) >= 11 is 0. The molecule has 0 spiro atoms. The Morgan fingerprint density at radius 2 is 1.67 bits per heavy atom. The van der Waals surface area contributed by atoms with Crippen molar-refractivity contribution < 1.29 is 14.3 Å². The molecule has 2 fully saturated rings. The summed E-state index contributed by atoms with van der Waals surface area (Å²) in [6.07, 6.45) is 2.19. The van der Waals surface area contributed by atoms with Crippen LogP contribution in [-0.2, 0) is 14.3 Å². The molecule has 2 aliphatic rings. The molecule has 1 atom stereocenters. The standard InChI is InChI=1S/C17H32N4O3/c1-14(17(23)24-13-16(22)18(2)3)20-7-5-15(6-8-20)21-11-9-19(4)10-12-21/h14-15H,5-13H2,1-4H3. The van der Waals surface area contributed by atoms with E-state index < -0.39 is 0 Å². The van der Waals surface area contributed by atoms with Crippen LogP contribution in [0.5, 0.6) is 0 Å². The Labute approximate surface area is 145 Å². The van der Waals surface area contributed by atoms with Crippen LogP contribution in [-0.4, -0.2) is 111 Å². The zero-order chi connectivity index (χ0) is 17.7. The van der Waals surface area contributed by atoms with Gasteiger partial charge in [-0.15, -0.1) is 0 Å². The minimum atomic E-state index is -0.303. The van der Waals surface area contributed by atoms with Crippen LogP contribution in [0.2, 0.25) is 0 Å². The predicted molar refractivity (Wildman–Crippen MR) is 92.8 cm³/mol. The molecule has 0 aromatic carbocycles. The van der Waals surface area contributed by atoms with Gasteiger partial charge in [-0.3, -0.25) is 19.4 Å². The van der Waals surface area contributed by atoms with E-state index in [1.165, 1.54) is 4.90 Å². The highest BCUT2D eigenvalue weighted by Crippen LogP contribution is 2.20. The van der Waals surface area contributed by atoms with Gasteiger partial charge >= 0.3 is 5.97 Å². The summed E-state index contributed by atoms with van der Waals surface area (Å²) in [7, 11) is 5.49. The van der Waals surface area contributed by atoms with E-state index in [2.05, 4.69) is 21.7 Å². The zero-order valence-electron chi connectivity index (χ0n) is 15.5. The number of ether oxygens (including phenoxy) is 1. The number of piperazine rings is 1. The van der Waals surface area contributed by atoms with E-state index in [1.54, 1.807) is 14.1 Å². The summed E-state index contributed by atoms with van der Waals surface area (Å²) in [5, 5.41) is 0. The first-order chi connectivity index (χ1) is 11.4. The second-order valence-electron chi connectivity index (χ2n) is 7.18. The molecule has 2 saturated heterocycles. The highest BCUT2D eigenvalue weighted by molar-refractivity contribution is 5.82. The number of carbonyl (C=O) groups is 2. The molecule has 1 amide bonds. The van der Waals surface area contributed by atoms with Gasteiger partial charge in [-0.05, 0) is 26.8 Å². The second kappa shape index (κ2) is 8.78. The van der Waals surface area contributed by atoms with Gasteiger partial charge in [0.2, 0.25) is 0 Å². The fourth-order valence-electron chi connectivity index (χ4n) is 3.36. The van der Waals surface area contributed by atoms with Crippen molar-refractivity contribution in [1.82, 2.24) is 19.6 Å². The Hall–Kier alpha value is -1.18. The van der Waals surface area contributed by atoms with Gasteiger partial charge in [-0.1, -0.05) is 0 Å². The van der Waals surface area contributed by atoms with Gasteiger partial charge in [0.1, 0.15) is 6.04 Å². The van der Waals surface area contributed by atoms with Gasteiger partial charge in [0.25, 0.3) is 5.91 Å². The number of rotatable bonds is 5. The average Bonchev–Trinajstić information content (AvgIpc) is 2.59. The van der Waals surface area contributed by atoms with Crippen molar-refractivity contribution in [2.45, 2.75) is 31.8 Å². The van der Waals surface area contributed by atoms with E-state index in [1.807, 2.05) is 6.92 Å². The maximum atomic E-state index is 12.1. The van der Waals surface area contributed by atoms with Gasteiger partial charge in [0.05, 0.1) is 0 Å². The van der Waals surface area contributed by atoms with Gasteiger partial charge in [0, 0.05) is 59.4 Å². The normalized spacial score (nSPS) is 23.0. The number of likely N-dealkylation sites (tertiary alicyclic amines) is 1. The third kappa shape index (κ3) is 5.16. The number of nitrogens with zero attached hydrogens (tertiary/aromatic N) is 4. The summed E-state index contributed by atoms with van der Waals surface area (Å²) < 4.78 is 5.15. The van der Waals surface area contributed by atoms with Crippen molar-refractivity contribution in [3.63, 3.8) is 0 Å². The fourth-order valence-corrected chi connectivity index (χ4v) is 3.36. The summed E-state index contributed by atoms with van der Waals surface area (Å²) in [4.78, 5) is 32.2. The van der Waals surface area contributed by atoms with Crippen LogP contribution in [0.3, 0.4) is 0 Å². The summed E-state index contributed by atoms with van der Waals surface area (Å²) in [6, 6.07) is 0.349. The van der Waals surface area contributed by atoms with Crippen LogP contribution >= 0.6 is 0 Å². The van der Waals surface area contributed by atoms with Crippen LogP contribution < -0.4 is 0 Å². The molecule has 7 nitrogen and oxygen atoms in total. The number of esters is 1. The molecular weight excluding hydrogens is 308 g/mol. The number of hydrogen-bond acceptors (Lipinski definition) is 6. The topological polar surface area (TPSA) is 56.3 Å². The monoisotopic (exact) mass is 340 g/mol. The van der Waals surface area contributed by atoms with Crippen molar-refractivity contribution in [2.24, 2.45) is 0 Å². The van der Waals surface area contributed by atoms with Crippen molar-refractivity contribution >= 4 is 11.9 Å². The Kier molecular flexibility index (Phi) is 7.01. The van der Waals surface area contributed by atoms with Gasteiger partial charge in [0.15, 0.2) is 6.61 Å². The van der Waals surface area contributed by atoms with E-state index in [0.29, 0.717) is 6.04 Å². The third-order valence-corrected chi connectivity index (χ3v) is 5.28. The van der Waals surface area contributed by atoms with Crippen LogP contribution in [0.1, 0.15) is 19.8 Å². The van der Waals surface area contributed by atoms with Crippen molar-refractivity contribution in [2.75, 3.05) is 67.0 Å². The summed E-state index contributed by atoms with van der Waals surface area (Å²) in [6.45, 7) is 8.10. The fraction of sp³-hybridized carbons (Fsp3) is 0.882. The number of carbonyl (C=O) groups excluding carboxylic acids is 2. The van der Waals surface area contributed by atoms with Crippen molar-refractivity contribution in [1.29, 1.82) is 0 Å². The van der Waals surface area contributed by atoms with Gasteiger partial charge in [-0.2, -0.15) is 0 Å². The van der Waals surface area contributed by atoms with E-state index in [0.717, 1.165) is 52.1 Å². The molecule has 2 heterocycles. The maximum absolute atomic E-state index is 12.1. The number of hydrogen-bond donors (Lipinski definition) is 0. The lowest BCUT2D eigenvalue weighted by Gasteiger charge is -2.43. The Morgan fingerprint density at radius 1 is 1.08 bits per heavy atom. The van der Waals surface area contributed by atoms with E-state index >= 15 is 0 Å². The molecule has 1 unspecified atom stereocenters. The molecule has 0 bridgehead atoms. The third-order valence-electron chi connectivity index (χ3n) is 5.28. The minimum Gasteiger partial charge on any atom is -0.454 e. The van der Waals surface area contributed by atoms with Gasteiger partial charge < -0.3 is 14.5 Å². The molecule has 0 aromatic heterocycles. The molecule has 0 radical (unpaired) electrons. The molecule has 0 saturated carbocycles. The first kappa shape index (κ1) is 19.1. The first-order valence-electron chi connectivity index (χ1n) is 8.92. The maximum Gasteiger partial charge on any atom is 0.323 e. The Bertz CT molecular complexity index is 428. The lowest BCUT2D eigenvalue weighted by molar-refractivity contribution is -0.155. The summed E-state index contributed by atoms with van der Waals surface area (Å²) in [5.41, 5.74) is 0. The number of piperidine rings is 1. The molecule has 24 heavy (non-hydrogen) atoms. The zero-order valence-corrected chi connectivity index (χ0v) is 15.5. The lowest BCUT2D eigenvalue weighted by Crippen LogP contribution is -2.54. The molecule has 2 aliphatic heterocycles. The smallest absolute Gasteiger partial charge is 0.323 e. The molecular formula is C17H32N4O3. The Morgan fingerprint density at radius 3 is 2.21 bits per heavy atom. The van der Waals surface area contributed by atoms with Crippen molar-refractivity contribution in [3.05, 3.63) is 0 Å². The van der Waals surface area contributed by atoms with E-state index in [9.17, 15) is 9.59 Å². The largest absolute Gasteiger partial charge is 0.454 e. The second-order valence-corrected chi connectivity index (χ2v) is 7.18. The van der Waals surface area contributed by atoms with Crippen LogP contribution in [0.4, 0.5) is 0 Å². The number of likely N-dealkylation sites (N-methyl/N-ethyl adjacent to an activating group) is 2. The highest BCUT2D eigenvalue weighted by Gasteiger charge is 2.31. The first-order valence-corrected chi connectivity index (χ1v) is 8.92. The van der Waals surface area contributed by atoms with Gasteiger partial charge in [-0.25, -0.2) is 0 Å². The SMILES string of the molecule is CC(C(=O)OCC(=O)N(C)C)N1CCC(N2CCN(C)CC2)CC1. The van der Waals surface area contributed by atoms with Crippen LogP contribution in [0.25, 0.3) is 0 Å². The predicted octanol–water partition coefficient (Wildman–Crippen LogP) is -0.282. The highest BCUT2D eigenvalue weighted by atomic mass is 16.5. The average molecular weight is 340 g/mol. The molecule has 0 aromatic rings. The molecule has 0 N–H and O–H groups in total. The van der Waals surface area contributed by atoms with Crippen molar-refractivity contribution in [3.8, 4) is 0 Å². The summed E-state index contributed by atoms with van der Waals surface area (Å²) in [5.74, 6) is -0.493. The Balaban J connectivity index is 1.72. The minimum absolute atomic E-state index is 0.173. The molecule has 7 heteroatoms. The van der Waals surface area contributed by atoms with E-state index in [-0.39, 0.29) is 24.5 Å². The molecule has 2 rings (SSSR count). The van der Waals surface area contributed by atoms with Crippen LogP contribution in [0, 0.1) is 0 Å². The van der Waals surface area contributed by atoms with E-state index in [4.69, 9.17) is 4.74 Å². The molecule has 138 valence electrons. The molecule has 0 aliphatic carbocycles.